The van der Waals surface area contributed by atoms with E-state index in [0.29, 0.717) is 10.8 Å². The largest absolute Gasteiger partial charge is 0.507 e. The maximum Gasteiger partial charge on any atom is 0.176 e. The second-order valence-electron chi connectivity index (χ2n) is 3.40. The maximum absolute atomic E-state index is 11.5. The smallest absolute Gasteiger partial charge is 0.176 e. The zero-order valence-electron chi connectivity index (χ0n) is 8.14. The van der Waals surface area contributed by atoms with Gasteiger partial charge in [0.15, 0.2) is 9.84 Å². The van der Waals surface area contributed by atoms with Gasteiger partial charge in [0.1, 0.15) is 5.75 Å². The quantitative estimate of drug-likeness (QED) is 0.802. The molecule has 1 N–H and O–H groups in total. The number of phenolic OH excluding ortho intramolecular Hbond substituents is 1. The van der Waals surface area contributed by atoms with E-state index < -0.39 is 9.84 Å². The van der Waals surface area contributed by atoms with Crippen molar-refractivity contribution in [3.05, 3.63) is 36.4 Å². The van der Waals surface area contributed by atoms with Crippen molar-refractivity contribution in [3.63, 3.8) is 0 Å². The minimum Gasteiger partial charge on any atom is -0.507 e. The lowest BCUT2D eigenvalue weighted by Crippen LogP contribution is -1.97. The van der Waals surface area contributed by atoms with Crippen molar-refractivity contribution in [1.82, 2.24) is 0 Å². The van der Waals surface area contributed by atoms with Gasteiger partial charge >= 0.3 is 0 Å². The third-order valence-corrected chi connectivity index (χ3v) is 3.42. The van der Waals surface area contributed by atoms with Crippen LogP contribution in [0.3, 0.4) is 0 Å². The predicted octanol–water partition coefficient (Wildman–Crippen LogP) is 1.95. The molecular formula is C11H10O3S. The first-order valence-electron chi connectivity index (χ1n) is 4.41. The number of hydrogen-bond acceptors (Lipinski definition) is 3. The molecule has 0 heterocycles. The molecule has 0 bridgehead atoms. The molecule has 0 aliphatic carbocycles. The van der Waals surface area contributed by atoms with Crippen molar-refractivity contribution in [3.8, 4) is 5.75 Å². The van der Waals surface area contributed by atoms with Gasteiger partial charge in [0.2, 0.25) is 0 Å². The van der Waals surface area contributed by atoms with Gasteiger partial charge in [-0.1, -0.05) is 24.3 Å². The minimum absolute atomic E-state index is 0.0954. The van der Waals surface area contributed by atoms with Crippen LogP contribution in [0.1, 0.15) is 0 Å². The number of phenols is 1. The van der Waals surface area contributed by atoms with Crippen LogP contribution in [0.15, 0.2) is 41.3 Å². The third-order valence-electron chi connectivity index (χ3n) is 2.26. The molecular weight excluding hydrogens is 212 g/mol. The van der Waals surface area contributed by atoms with Crippen molar-refractivity contribution >= 4 is 20.6 Å². The van der Waals surface area contributed by atoms with Crippen LogP contribution in [-0.2, 0) is 9.84 Å². The minimum atomic E-state index is -3.26. The summed E-state index contributed by atoms with van der Waals surface area (Å²) in [7, 11) is -3.26. The zero-order chi connectivity index (χ0) is 11.1. The fourth-order valence-corrected chi connectivity index (χ4v) is 2.47. The van der Waals surface area contributed by atoms with Gasteiger partial charge in [-0.05, 0) is 12.1 Å². The van der Waals surface area contributed by atoms with Crippen molar-refractivity contribution < 1.29 is 13.5 Å². The molecule has 0 atom stereocenters. The van der Waals surface area contributed by atoms with Crippen molar-refractivity contribution in [2.75, 3.05) is 6.26 Å². The average Bonchev–Trinajstić information content (AvgIpc) is 2.17. The summed E-state index contributed by atoms with van der Waals surface area (Å²) in [6, 6.07) is 9.71. The first-order valence-corrected chi connectivity index (χ1v) is 6.30. The summed E-state index contributed by atoms with van der Waals surface area (Å²) >= 11 is 0. The Morgan fingerprint density at radius 1 is 1.00 bits per heavy atom. The Bertz CT molecular complexity index is 615. The number of aromatic hydroxyl groups is 1. The van der Waals surface area contributed by atoms with E-state index in [1.807, 2.05) is 0 Å². The van der Waals surface area contributed by atoms with Crippen LogP contribution in [0.2, 0.25) is 0 Å². The monoisotopic (exact) mass is 222 g/mol. The fourth-order valence-electron chi connectivity index (χ4n) is 1.58. The first kappa shape index (κ1) is 9.98. The van der Waals surface area contributed by atoms with Crippen LogP contribution in [0.25, 0.3) is 10.8 Å². The van der Waals surface area contributed by atoms with E-state index in [0.717, 1.165) is 6.26 Å². The highest BCUT2D eigenvalue weighted by molar-refractivity contribution is 7.91. The Morgan fingerprint density at radius 2 is 1.60 bits per heavy atom. The average molecular weight is 222 g/mol. The number of hydrogen-bond donors (Lipinski definition) is 1. The molecule has 0 aliphatic heterocycles. The standard InChI is InChI=1S/C11H10O3S/c1-15(13,14)11-7-6-10(12)8-4-2-3-5-9(8)11/h2-7,12H,1H3. The molecule has 2 rings (SSSR count). The van der Waals surface area contributed by atoms with Gasteiger partial charge in [-0.3, -0.25) is 0 Å². The van der Waals surface area contributed by atoms with Crippen LogP contribution >= 0.6 is 0 Å². The normalized spacial score (nSPS) is 11.8. The van der Waals surface area contributed by atoms with E-state index in [9.17, 15) is 13.5 Å². The van der Waals surface area contributed by atoms with Gasteiger partial charge in [-0.25, -0.2) is 8.42 Å². The van der Waals surface area contributed by atoms with Crippen LogP contribution < -0.4 is 0 Å². The molecule has 15 heavy (non-hydrogen) atoms. The highest BCUT2D eigenvalue weighted by Crippen LogP contribution is 2.29. The molecule has 0 spiro atoms. The fraction of sp³-hybridized carbons (Fsp3) is 0.0909. The van der Waals surface area contributed by atoms with E-state index >= 15 is 0 Å². The van der Waals surface area contributed by atoms with Gasteiger partial charge < -0.3 is 5.11 Å². The Kier molecular flexibility index (Phi) is 2.16. The molecule has 4 heteroatoms. The number of benzene rings is 2. The molecule has 2 aromatic carbocycles. The lowest BCUT2D eigenvalue weighted by molar-refractivity contribution is 0.481. The summed E-state index contributed by atoms with van der Waals surface area (Å²) in [6.45, 7) is 0. The van der Waals surface area contributed by atoms with E-state index in [1.54, 1.807) is 24.3 Å². The molecule has 0 unspecified atom stereocenters. The lowest BCUT2D eigenvalue weighted by Gasteiger charge is -2.05. The van der Waals surface area contributed by atoms with Gasteiger partial charge in [0.05, 0.1) is 4.90 Å². The summed E-state index contributed by atoms with van der Waals surface area (Å²) in [4.78, 5) is 0.246. The van der Waals surface area contributed by atoms with Crippen LogP contribution in [0.4, 0.5) is 0 Å². The van der Waals surface area contributed by atoms with E-state index in [-0.39, 0.29) is 10.6 Å². The summed E-state index contributed by atoms with van der Waals surface area (Å²) in [5, 5.41) is 10.7. The van der Waals surface area contributed by atoms with Crippen LogP contribution in [-0.4, -0.2) is 19.8 Å². The second kappa shape index (κ2) is 3.24. The summed E-state index contributed by atoms with van der Waals surface area (Å²) in [5.74, 6) is 0.0954. The van der Waals surface area contributed by atoms with E-state index in [2.05, 4.69) is 0 Å². The molecule has 0 radical (unpaired) electrons. The molecule has 78 valence electrons. The molecule has 0 fully saturated rings. The van der Waals surface area contributed by atoms with Crippen LogP contribution in [0.5, 0.6) is 5.75 Å². The zero-order valence-corrected chi connectivity index (χ0v) is 8.95. The Balaban J connectivity index is 2.96. The summed E-state index contributed by atoms with van der Waals surface area (Å²) in [5.41, 5.74) is 0. The van der Waals surface area contributed by atoms with Crippen LogP contribution in [0, 0.1) is 0 Å². The predicted molar refractivity (Wildman–Crippen MR) is 58.7 cm³/mol. The van der Waals surface area contributed by atoms with Crippen molar-refractivity contribution in [2.45, 2.75) is 4.90 Å². The number of fused-ring (bicyclic) bond motifs is 1. The van der Waals surface area contributed by atoms with Crippen molar-refractivity contribution in [2.24, 2.45) is 0 Å². The third kappa shape index (κ3) is 1.68. The number of rotatable bonds is 1. The van der Waals surface area contributed by atoms with Gasteiger partial charge in [0, 0.05) is 17.0 Å². The van der Waals surface area contributed by atoms with E-state index in [1.165, 1.54) is 12.1 Å². The van der Waals surface area contributed by atoms with Gasteiger partial charge in [-0.2, -0.15) is 0 Å². The number of sulfone groups is 1. The molecule has 2 aromatic rings. The summed E-state index contributed by atoms with van der Waals surface area (Å²) < 4.78 is 23.0. The Labute approximate surface area is 87.9 Å². The van der Waals surface area contributed by atoms with E-state index in [4.69, 9.17) is 0 Å². The Hall–Kier alpha value is -1.55. The second-order valence-corrected chi connectivity index (χ2v) is 5.38. The highest BCUT2D eigenvalue weighted by atomic mass is 32.2. The maximum atomic E-state index is 11.5. The Morgan fingerprint density at radius 3 is 2.20 bits per heavy atom. The molecule has 0 aliphatic rings. The molecule has 0 saturated heterocycles. The topological polar surface area (TPSA) is 54.4 Å². The van der Waals surface area contributed by atoms with Gasteiger partial charge in [0.25, 0.3) is 0 Å². The molecule has 0 saturated carbocycles. The highest BCUT2D eigenvalue weighted by Gasteiger charge is 2.12. The summed E-state index contributed by atoms with van der Waals surface area (Å²) in [6.07, 6.45) is 1.16. The molecule has 0 aromatic heterocycles. The SMILES string of the molecule is CS(=O)(=O)c1ccc(O)c2ccccc12. The molecule has 3 nitrogen and oxygen atoms in total. The first-order chi connectivity index (χ1) is 7.00. The molecule has 0 amide bonds. The lowest BCUT2D eigenvalue weighted by atomic mass is 10.1. The van der Waals surface area contributed by atoms with Crippen molar-refractivity contribution in [1.29, 1.82) is 0 Å². The van der Waals surface area contributed by atoms with Gasteiger partial charge in [-0.15, -0.1) is 0 Å².